The van der Waals surface area contributed by atoms with Gasteiger partial charge in [-0.2, -0.15) is 0 Å². The van der Waals surface area contributed by atoms with Crippen LogP contribution in [0.15, 0.2) is 216 Å². The molecule has 11 aromatic rings. The molecule has 1 atom stereocenters. The number of benzene rings is 9. The summed E-state index contributed by atoms with van der Waals surface area (Å²) in [4.78, 5) is 4.85. The summed E-state index contributed by atoms with van der Waals surface area (Å²) in [7, 11) is 0. The lowest BCUT2D eigenvalue weighted by atomic mass is 9.45. The Kier molecular flexibility index (Phi) is 7.76. The molecule has 3 aliphatic heterocycles. The van der Waals surface area contributed by atoms with Crippen LogP contribution in [-0.2, 0) is 6.42 Å². The molecule has 9 aromatic carbocycles. The number of aromatic nitrogens is 1. The molecule has 5 nitrogen and oxygen atoms in total. The molecule has 2 aromatic heterocycles. The van der Waals surface area contributed by atoms with Gasteiger partial charge in [-0.3, -0.25) is 0 Å². The number of fused-ring (bicyclic) bond motifs is 13. The molecule has 65 heavy (non-hydrogen) atoms. The minimum Gasteiger partial charge on any atom is -0.484 e. The third-order valence-corrected chi connectivity index (χ3v) is 13.9. The summed E-state index contributed by atoms with van der Waals surface area (Å²) in [6.07, 6.45) is 7.15. The van der Waals surface area contributed by atoms with Gasteiger partial charge in [-0.25, -0.2) is 0 Å². The first kappa shape index (κ1) is 36.3. The number of ether oxygens (including phenoxy) is 1. The summed E-state index contributed by atoms with van der Waals surface area (Å²) in [5.41, 5.74) is 16.6. The Morgan fingerprint density at radius 1 is 0.600 bits per heavy atom. The topological polar surface area (TPSA) is 33.8 Å². The van der Waals surface area contributed by atoms with E-state index < -0.39 is 0 Å². The van der Waals surface area contributed by atoms with E-state index >= 15 is 0 Å². The second kappa shape index (κ2) is 13.9. The third kappa shape index (κ3) is 5.28. The molecule has 0 spiro atoms. The average molecular weight is 834 g/mol. The zero-order chi connectivity index (χ0) is 42.8. The van der Waals surface area contributed by atoms with Crippen molar-refractivity contribution in [3.63, 3.8) is 0 Å². The van der Waals surface area contributed by atoms with Crippen LogP contribution >= 0.6 is 0 Å². The second-order valence-corrected chi connectivity index (χ2v) is 17.5. The maximum atomic E-state index is 7.19. The number of furan rings is 1. The maximum absolute atomic E-state index is 7.19. The van der Waals surface area contributed by atoms with Gasteiger partial charge in [-0.05, 0) is 119 Å². The monoisotopic (exact) mass is 833 g/mol. The van der Waals surface area contributed by atoms with E-state index in [2.05, 4.69) is 227 Å². The minimum absolute atomic E-state index is 0.180. The van der Waals surface area contributed by atoms with Crippen molar-refractivity contribution >= 4 is 101 Å². The maximum Gasteiger partial charge on any atom is 0.333 e. The Morgan fingerprint density at radius 2 is 1.32 bits per heavy atom. The van der Waals surface area contributed by atoms with Crippen LogP contribution in [0.3, 0.4) is 0 Å². The van der Waals surface area contributed by atoms with Gasteiger partial charge in [-0.15, -0.1) is 0 Å². The van der Waals surface area contributed by atoms with E-state index in [0.29, 0.717) is 0 Å². The van der Waals surface area contributed by atoms with Crippen molar-refractivity contribution in [3.8, 4) is 16.9 Å². The van der Waals surface area contributed by atoms with Crippen molar-refractivity contribution in [1.82, 2.24) is 4.48 Å². The van der Waals surface area contributed by atoms with Crippen LogP contribution in [-0.4, -0.2) is 17.4 Å². The Hall–Kier alpha value is -8.22. The Bertz CT molecular complexity index is 3790. The van der Waals surface area contributed by atoms with Crippen LogP contribution < -0.4 is 25.5 Å². The highest BCUT2D eigenvalue weighted by Gasteiger charge is 2.46. The number of allylic oxidation sites excluding steroid dienone is 3. The average Bonchev–Trinajstić information content (AvgIpc) is 3.91. The molecule has 0 bridgehead atoms. The lowest BCUT2D eigenvalue weighted by Crippen LogP contribution is -2.57. The fourth-order valence-corrected chi connectivity index (χ4v) is 11.1. The van der Waals surface area contributed by atoms with Crippen molar-refractivity contribution in [1.29, 1.82) is 0 Å². The van der Waals surface area contributed by atoms with Gasteiger partial charge in [0.2, 0.25) is 0 Å². The van der Waals surface area contributed by atoms with Crippen molar-refractivity contribution < 1.29 is 9.15 Å². The van der Waals surface area contributed by atoms with E-state index in [1.165, 1.54) is 54.6 Å². The standard InChI is InChI=1S/C59H40BN3O2/c1-37-51(28-13-10-17-38-18-11-14-29-54(38)64-37)62-53-35-43(61(41-21-4-2-5-22-41)42-23-6-3-7-24-42)31-32-50(53)60-56-48(36-49-44-25-12-15-30-55(44)65-59(49)58(56)62)46-27-16-26-45-47-33-39-19-8-9-20-40(39)34-52(47)63(60)57(45)46/h2-16,18-37H,17H2,1H3/b13-10-,51-28+. The predicted molar refractivity (Wildman–Crippen MR) is 271 cm³/mol. The van der Waals surface area contributed by atoms with Crippen LogP contribution in [0.2, 0.25) is 0 Å². The highest BCUT2D eigenvalue weighted by molar-refractivity contribution is 6.90. The number of para-hydroxylation sites is 5. The molecular weight excluding hydrogens is 793 g/mol. The normalized spacial score (nSPS) is 16.3. The van der Waals surface area contributed by atoms with Gasteiger partial charge in [0.25, 0.3) is 0 Å². The Morgan fingerprint density at radius 3 is 2.15 bits per heavy atom. The lowest BCUT2D eigenvalue weighted by Gasteiger charge is -2.42. The lowest BCUT2D eigenvalue weighted by molar-refractivity contribution is 0.253. The molecule has 0 radical (unpaired) electrons. The van der Waals surface area contributed by atoms with E-state index in [0.717, 1.165) is 73.8 Å². The number of hydrogen-bond donors (Lipinski definition) is 0. The van der Waals surface area contributed by atoms with Gasteiger partial charge in [0.1, 0.15) is 17.4 Å². The first-order valence-electron chi connectivity index (χ1n) is 22.6. The van der Waals surface area contributed by atoms with Crippen LogP contribution in [0.5, 0.6) is 5.75 Å². The molecular formula is C59H40BN3O2. The van der Waals surface area contributed by atoms with E-state index in [4.69, 9.17) is 9.15 Å². The molecule has 1 unspecified atom stereocenters. The van der Waals surface area contributed by atoms with Crippen molar-refractivity contribution in [3.05, 3.63) is 218 Å². The van der Waals surface area contributed by atoms with Crippen molar-refractivity contribution in [2.75, 3.05) is 9.80 Å². The van der Waals surface area contributed by atoms with Gasteiger partial charge in [0, 0.05) is 60.9 Å². The van der Waals surface area contributed by atoms with Crippen LogP contribution in [0.25, 0.3) is 65.6 Å². The van der Waals surface area contributed by atoms with Gasteiger partial charge in [0.15, 0.2) is 5.58 Å². The molecule has 5 heterocycles. The van der Waals surface area contributed by atoms with E-state index in [9.17, 15) is 0 Å². The molecule has 0 saturated carbocycles. The fraction of sp³-hybridized carbons (Fsp3) is 0.0508. The Balaban J connectivity index is 1.14. The number of nitrogens with zero attached hydrogens (tertiary/aromatic N) is 3. The molecule has 0 N–H and O–H groups in total. The second-order valence-electron chi connectivity index (χ2n) is 17.5. The molecule has 0 fully saturated rings. The summed E-state index contributed by atoms with van der Waals surface area (Å²) in [5.74, 6) is 0.895. The summed E-state index contributed by atoms with van der Waals surface area (Å²) >= 11 is 0. The number of rotatable bonds is 4. The quantitative estimate of drug-likeness (QED) is 0.165. The van der Waals surface area contributed by atoms with Gasteiger partial charge in [0.05, 0.1) is 11.4 Å². The molecule has 0 saturated heterocycles. The molecule has 6 heteroatoms. The summed E-state index contributed by atoms with van der Waals surface area (Å²) in [6.45, 7) is 2.01. The summed E-state index contributed by atoms with van der Waals surface area (Å²) in [6, 6.07) is 68.2. The van der Waals surface area contributed by atoms with Crippen LogP contribution in [0, 0.1) is 0 Å². The van der Waals surface area contributed by atoms with E-state index in [1.807, 2.05) is 0 Å². The van der Waals surface area contributed by atoms with Crippen LogP contribution in [0.4, 0.5) is 28.4 Å². The van der Waals surface area contributed by atoms with Crippen molar-refractivity contribution in [2.45, 2.75) is 19.4 Å². The predicted octanol–water partition coefficient (Wildman–Crippen LogP) is 13.9. The summed E-state index contributed by atoms with van der Waals surface area (Å²) < 4.78 is 16.9. The molecule has 0 aliphatic carbocycles. The number of anilines is 5. The first-order chi connectivity index (χ1) is 32.2. The van der Waals surface area contributed by atoms with Crippen molar-refractivity contribution in [2.24, 2.45) is 0 Å². The van der Waals surface area contributed by atoms with Gasteiger partial charge in [-0.1, -0.05) is 133 Å². The first-order valence-corrected chi connectivity index (χ1v) is 22.6. The highest BCUT2D eigenvalue weighted by atomic mass is 16.5. The fourth-order valence-electron chi connectivity index (χ4n) is 11.1. The molecule has 306 valence electrons. The highest BCUT2D eigenvalue weighted by Crippen LogP contribution is 2.50. The molecule has 3 aliphatic rings. The minimum atomic E-state index is -0.344. The smallest absolute Gasteiger partial charge is 0.333 e. The molecule has 0 amide bonds. The van der Waals surface area contributed by atoms with Gasteiger partial charge >= 0.3 is 6.85 Å². The third-order valence-electron chi connectivity index (χ3n) is 13.9. The van der Waals surface area contributed by atoms with E-state index in [1.54, 1.807) is 0 Å². The van der Waals surface area contributed by atoms with Crippen LogP contribution in [0.1, 0.15) is 12.5 Å². The Labute approximate surface area is 376 Å². The number of hydrogen-bond acceptors (Lipinski definition) is 4. The molecule has 14 rings (SSSR count). The largest absolute Gasteiger partial charge is 0.484 e. The zero-order valence-corrected chi connectivity index (χ0v) is 35.6. The van der Waals surface area contributed by atoms with Gasteiger partial charge < -0.3 is 23.4 Å². The van der Waals surface area contributed by atoms with E-state index in [-0.39, 0.29) is 13.0 Å². The SMILES string of the molecule is CC1Oc2ccccc2C/C=C\C=C/1N1c2cc(N(c3ccccc3)c3ccccc3)ccc2B2c3c(cc4c(oc5ccccc54)c31)-c1cccc3c4cc5ccccc5cc4n2c13. The summed E-state index contributed by atoms with van der Waals surface area (Å²) in [5, 5.41) is 7.18. The zero-order valence-electron chi connectivity index (χ0n) is 35.6.